The summed E-state index contributed by atoms with van der Waals surface area (Å²) in [5.41, 5.74) is 0.951. The summed E-state index contributed by atoms with van der Waals surface area (Å²) in [6.45, 7) is 3.78. The van der Waals surface area contributed by atoms with Crippen molar-refractivity contribution in [2.75, 3.05) is 7.11 Å². The summed E-state index contributed by atoms with van der Waals surface area (Å²) in [5, 5.41) is 0. The van der Waals surface area contributed by atoms with Crippen LogP contribution >= 0.6 is 0 Å². The highest BCUT2D eigenvalue weighted by Gasteiger charge is 2.55. The van der Waals surface area contributed by atoms with Gasteiger partial charge in [-0.2, -0.15) is 0 Å². The van der Waals surface area contributed by atoms with Crippen LogP contribution in [-0.2, 0) is 18.9 Å². The lowest BCUT2D eigenvalue weighted by Gasteiger charge is -2.21. The van der Waals surface area contributed by atoms with Crippen molar-refractivity contribution < 1.29 is 18.9 Å². The van der Waals surface area contributed by atoms with E-state index in [1.54, 1.807) is 7.11 Å². The van der Waals surface area contributed by atoms with Gasteiger partial charge in [0.1, 0.15) is 12.2 Å². The zero-order valence-corrected chi connectivity index (χ0v) is 11.8. The zero-order valence-electron chi connectivity index (χ0n) is 11.8. The fourth-order valence-electron chi connectivity index (χ4n) is 2.54. The Hall–Kier alpha value is -1.38. The Kier molecular flexibility index (Phi) is 3.53. The quantitative estimate of drug-likeness (QED) is 0.733. The van der Waals surface area contributed by atoms with Crippen LogP contribution in [0.15, 0.2) is 30.3 Å². The Balaban J connectivity index is 1.79. The van der Waals surface area contributed by atoms with Gasteiger partial charge in [0.05, 0.1) is 0 Å². The van der Waals surface area contributed by atoms with Crippen LogP contribution in [0.3, 0.4) is 0 Å². The van der Waals surface area contributed by atoms with Gasteiger partial charge in [-0.1, -0.05) is 30.0 Å². The van der Waals surface area contributed by atoms with Gasteiger partial charge in [0, 0.05) is 12.7 Å². The van der Waals surface area contributed by atoms with Gasteiger partial charge in [0.25, 0.3) is 0 Å². The summed E-state index contributed by atoms with van der Waals surface area (Å²) in [4.78, 5) is 0. The molecule has 106 valence electrons. The molecule has 0 N–H and O–H groups in total. The van der Waals surface area contributed by atoms with Crippen molar-refractivity contribution in [3.05, 3.63) is 35.9 Å². The number of ether oxygens (including phenoxy) is 4. The maximum absolute atomic E-state index is 5.88. The molecule has 1 aromatic carbocycles. The van der Waals surface area contributed by atoms with Crippen molar-refractivity contribution in [2.24, 2.45) is 0 Å². The minimum Gasteiger partial charge on any atom is -0.353 e. The van der Waals surface area contributed by atoms with E-state index in [4.69, 9.17) is 18.9 Å². The lowest BCUT2D eigenvalue weighted by molar-refractivity contribution is -0.220. The SMILES string of the molecule is CO[C@H]1O[C@H](C#Cc2ccccc2)C2OC(C)(C)OC21. The summed E-state index contributed by atoms with van der Waals surface area (Å²) in [6, 6.07) is 9.80. The molecule has 4 atom stereocenters. The molecule has 3 rings (SSSR count). The molecule has 0 saturated carbocycles. The molecule has 4 nitrogen and oxygen atoms in total. The molecule has 0 spiro atoms. The van der Waals surface area contributed by atoms with Crippen LogP contribution in [0.25, 0.3) is 0 Å². The average Bonchev–Trinajstić information content (AvgIpc) is 2.91. The molecule has 20 heavy (non-hydrogen) atoms. The van der Waals surface area contributed by atoms with Crippen molar-refractivity contribution in [3.8, 4) is 11.8 Å². The molecule has 0 bridgehead atoms. The molecule has 0 aliphatic carbocycles. The molecule has 1 aromatic rings. The minimum atomic E-state index is -0.622. The van der Waals surface area contributed by atoms with E-state index in [1.165, 1.54) is 0 Å². The maximum atomic E-state index is 5.88. The highest BCUT2D eigenvalue weighted by molar-refractivity contribution is 5.35. The third-order valence-electron chi connectivity index (χ3n) is 3.38. The van der Waals surface area contributed by atoms with E-state index in [0.717, 1.165) is 5.56 Å². The van der Waals surface area contributed by atoms with E-state index >= 15 is 0 Å². The van der Waals surface area contributed by atoms with Crippen LogP contribution in [-0.4, -0.2) is 37.5 Å². The highest BCUT2D eigenvalue weighted by Crippen LogP contribution is 2.38. The Labute approximate surface area is 119 Å². The van der Waals surface area contributed by atoms with E-state index in [2.05, 4.69) is 11.8 Å². The fourth-order valence-corrected chi connectivity index (χ4v) is 2.54. The van der Waals surface area contributed by atoms with E-state index in [1.807, 2.05) is 44.2 Å². The number of benzene rings is 1. The number of hydrogen-bond donors (Lipinski definition) is 0. The first-order valence-corrected chi connectivity index (χ1v) is 6.69. The minimum absolute atomic E-state index is 0.217. The molecule has 0 aromatic heterocycles. The second-order valence-corrected chi connectivity index (χ2v) is 5.36. The lowest BCUT2D eigenvalue weighted by atomic mass is 10.1. The monoisotopic (exact) mass is 274 g/mol. The first-order chi connectivity index (χ1) is 9.59. The second-order valence-electron chi connectivity index (χ2n) is 5.36. The Bertz CT molecular complexity index is 528. The van der Waals surface area contributed by atoms with Crippen LogP contribution in [0, 0.1) is 11.8 Å². The molecule has 2 unspecified atom stereocenters. The van der Waals surface area contributed by atoms with E-state index in [-0.39, 0.29) is 18.3 Å². The third kappa shape index (κ3) is 2.58. The average molecular weight is 274 g/mol. The Morgan fingerprint density at radius 1 is 1.10 bits per heavy atom. The second kappa shape index (κ2) is 5.19. The van der Waals surface area contributed by atoms with Crippen molar-refractivity contribution in [1.82, 2.24) is 0 Å². The van der Waals surface area contributed by atoms with Gasteiger partial charge in [-0.15, -0.1) is 0 Å². The largest absolute Gasteiger partial charge is 0.353 e. The molecule has 2 aliphatic rings. The normalized spacial score (nSPS) is 34.4. The maximum Gasteiger partial charge on any atom is 0.187 e. The molecular formula is C16H18O4. The Morgan fingerprint density at radius 3 is 2.50 bits per heavy atom. The van der Waals surface area contributed by atoms with Gasteiger partial charge in [0.15, 0.2) is 18.2 Å². The van der Waals surface area contributed by atoms with Crippen molar-refractivity contribution in [3.63, 3.8) is 0 Å². The highest BCUT2D eigenvalue weighted by atomic mass is 16.8. The van der Waals surface area contributed by atoms with Crippen molar-refractivity contribution in [1.29, 1.82) is 0 Å². The molecule has 2 aliphatic heterocycles. The van der Waals surface area contributed by atoms with Gasteiger partial charge in [-0.3, -0.25) is 0 Å². The summed E-state index contributed by atoms with van der Waals surface area (Å²) >= 11 is 0. The van der Waals surface area contributed by atoms with E-state index in [0.29, 0.717) is 0 Å². The zero-order chi connectivity index (χ0) is 14.2. The topological polar surface area (TPSA) is 36.9 Å². The lowest BCUT2D eigenvalue weighted by Crippen LogP contribution is -2.30. The predicted molar refractivity (Wildman–Crippen MR) is 72.8 cm³/mol. The molecule has 2 fully saturated rings. The Morgan fingerprint density at radius 2 is 1.80 bits per heavy atom. The van der Waals surface area contributed by atoms with Crippen LogP contribution in [0.5, 0.6) is 0 Å². The first kappa shape index (κ1) is 13.6. The van der Waals surface area contributed by atoms with Gasteiger partial charge in [-0.05, 0) is 26.0 Å². The van der Waals surface area contributed by atoms with Crippen LogP contribution in [0.1, 0.15) is 19.4 Å². The van der Waals surface area contributed by atoms with E-state index < -0.39 is 12.1 Å². The number of hydrogen-bond acceptors (Lipinski definition) is 4. The smallest absolute Gasteiger partial charge is 0.187 e. The summed E-state index contributed by atoms with van der Waals surface area (Å²) in [7, 11) is 1.60. The number of methoxy groups -OCH3 is 1. The molecule has 0 radical (unpaired) electrons. The van der Waals surface area contributed by atoms with E-state index in [9.17, 15) is 0 Å². The molecule has 2 saturated heterocycles. The third-order valence-corrected chi connectivity index (χ3v) is 3.38. The van der Waals surface area contributed by atoms with Gasteiger partial charge in [-0.25, -0.2) is 0 Å². The molecule has 2 heterocycles. The number of fused-ring (bicyclic) bond motifs is 1. The fraction of sp³-hybridized carbons (Fsp3) is 0.500. The summed E-state index contributed by atoms with van der Waals surface area (Å²) in [5.74, 6) is 5.60. The van der Waals surface area contributed by atoms with Crippen LogP contribution in [0.2, 0.25) is 0 Å². The first-order valence-electron chi connectivity index (χ1n) is 6.69. The number of rotatable bonds is 1. The van der Waals surface area contributed by atoms with Gasteiger partial charge in [0.2, 0.25) is 0 Å². The van der Waals surface area contributed by atoms with Crippen molar-refractivity contribution >= 4 is 0 Å². The van der Waals surface area contributed by atoms with Gasteiger partial charge < -0.3 is 18.9 Å². The standard InChI is InChI=1S/C16H18O4/c1-16(2)19-13-12(18-15(17-3)14(13)20-16)10-9-11-7-5-4-6-8-11/h4-8,12-15H,1-3H3/t12-,13?,14?,15+/m1/s1. The summed E-state index contributed by atoms with van der Waals surface area (Å²) in [6.07, 6.45) is -1.22. The van der Waals surface area contributed by atoms with Crippen molar-refractivity contribution in [2.45, 2.75) is 44.2 Å². The molecular weight excluding hydrogens is 256 g/mol. The predicted octanol–water partition coefficient (Wildman–Crippen LogP) is 1.93. The van der Waals surface area contributed by atoms with Gasteiger partial charge >= 0.3 is 0 Å². The molecule has 0 amide bonds. The molecule has 4 heteroatoms. The summed E-state index contributed by atoms with van der Waals surface area (Å²) < 4.78 is 22.7. The van der Waals surface area contributed by atoms with Crippen LogP contribution in [0.4, 0.5) is 0 Å². The van der Waals surface area contributed by atoms with Crippen LogP contribution < -0.4 is 0 Å².